The molecular formula is C16H23N3O4. The van der Waals surface area contributed by atoms with Crippen molar-refractivity contribution in [1.29, 1.82) is 0 Å². The molecule has 4 rings (SSSR count). The standard InChI is InChI=1S/C16H23N3O4/c20-15-13(18-9-11-3-1-2-4-17-11)12-10-22-16(23-12)14(15)19-5-7-21-8-6-19/h1-4,12-16,18,20H,5-10H2/t12-,13-,14+,15-,16+/m0/s1. The number of pyridine rings is 1. The van der Waals surface area contributed by atoms with E-state index in [-0.39, 0.29) is 24.5 Å². The highest BCUT2D eigenvalue weighted by atomic mass is 16.7. The minimum Gasteiger partial charge on any atom is -0.390 e. The van der Waals surface area contributed by atoms with Crippen LogP contribution < -0.4 is 5.32 Å². The average Bonchev–Trinajstić information content (AvgIpc) is 3.02. The van der Waals surface area contributed by atoms with Gasteiger partial charge in [0.2, 0.25) is 0 Å². The van der Waals surface area contributed by atoms with Crippen LogP contribution in [-0.2, 0) is 20.8 Å². The number of hydrogen-bond acceptors (Lipinski definition) is 7. The third kappa shape index (κ3) is 3.13. The minimum atomic E-state index is -0.539. The van der Waals surface area contributed by atoms with E-state index in [4.69, 9.17) is 14.2 Å². The number of hydrogen-bond donors (Lipinski definition) is 2. The van der Waals surface area contributed by atoms with Crippen LogP contribution in [0.3, 0.4) is 0 Å². The zero-order valence-electron chi connectivity index (χ0n) is 13.0. The molecular weight excluding hydrogens is 298 g/mol. The zero-order valence-corrected chi connectivity index (χ0v) is 13.0. The van der Waals surface area contributed by atoms with Gasteiger partial charge in [0.05, 0.1) is 43.7 Å². The molecule has 0 spiro atoms. The number of aliphatic hydroxyl groups is 1. The van der Waals surface area contributed by atoms with Crippen molar-refractivity contribution in [2.45, 2.75) is 37.1 Å². The first-order valence-corrected chi connectivity index (χ1v) is 8.23. The van der Waals surface area contributed by atoms with E-state index >= 15 is 0 Å². The van der Waals surface area contributed by atoms with Crippen LogP contribution >= 0.6 is 0 Å². The molecule has 3 aliphatic rings. The number of ether oxygens (including phenoxy) is 3. The number of fused-ring (bicyclic) bond motifs is 2. The second-order valence-corrected chi connectivity index (χ2v) is 6.23. The molecule has 7 nitrogen and oxygen atoms in total. The Bertz CT molecular complexity index is 511. The van der Waals surface area contributed by atoms with E-state index in [1.165, 1.54) is 0 Å². The van der Waals surface area contributed by atoms with Crippen LogP contribution in [0, 0.1) is 0 Å². The summed E-state index contributed by atoms with van der Waals surface area (Å²) >= 11 is 0. The Morgan fingerprint density at radius 3 is 2.96 bits per heavy atom. The van der Waals surface area contributed by atoms with Crippen LogP contribution in [0.25, 0.3) is 0 Å². The van der Waals surface area contributed by atoms with Crippen molar-refractivity contribution in [2.75, 3.05) is 32.9 Å². The fraction of sp³-hybridized carbons (Fsp3) is 0.688. The van der Waals surface area contributed by atoms with E-state index < -0.39 is 6.10 Å². The molecule has 2 bridgehead atoms. The van der Waals surface area contributed by atoms with E-state index in [9.17, 15) is 5.11 Å². The van der Waals surface area contributed by atoms with Gasteiger partial charge in [0.25, 0.3) is 0 Å². The van der Waals surface area contributed by atoms with Crippen LogP contribution in [0.4, 0.5) is 0 Å². The summed E-state index contributed by atoms with van der Waals surface area (Å²) in [5, 5.41) is 14.3. The molecule has 3 saturated heterocycles. The maximum atomic E-state index is 10.9. The van der Waals surface area contributed by atoms with Gasteiger partial charge in [-0.2, -0.15) is 0 Å². The van der Waals surface area contributed by atoms with E-state index in [2.05, 4.69) is 15.2 Å². The Labute approximate surface area is 135 Å². The first kappa shape index (κ1) is 15.4. The smallest absolute Gasteiger partial charge is 0.176 e. The molecule has 2 N–H and O–H groups in total. The predicted molar refractivity (Wildman–Crippen MR) is 81.7 cm³/mol. The Morgan fingerprint density at radius 1 is 1.30 bits per heavy atom. The quantitative estimate of drug-likeness (QED) is 0.764. The van der Waals surface area contributed by atoms with E-state index in [1.807, 2.05) is 18.2 Å². The SMILES string of the molecule is O[C@H]1[C@@H](NCc2ccccn2)[C@@H]2CO[C@H](O2)[C@@H]1N1CCOCC1. The van der Waals surface area contributed by atoms with Gasteiger partial charge in [-0.05, 0) is 12.1 Å². The van der Waals surface area contributed by atoms with Crippen LogP contribution in [-0.4, -0.2) is 78.5 Å². The first-order chi connectivity index (χ1) is 11.3. The second kappa shape index (κ2) is 6.80. The molecule has 0 aromatic carbocycles. The molecule has 1 aromatic heterocycles. The fourth-order valence-corrected chi connectivity index (χ4v) is 3.64. The molecule has 0 radical (unpaired) electrons. The molecule has 126 valence electrons. The molecule has 5 atom stereocenters. The van der Waals surface area contributed by atoms with Crippen molar-refractivity contribution in [1.82, 2.24) is 15.2 Å². The summed E-state index contributed by atoms with van der Waals surface area (Å²) in [4.78, 5) is 6.53. The molecule has 0 unspecified atom stereocenters. The summed E-state index contributed by atoms with van der Waals surface area (Å²) in [6.07, 6.45) is 0.774. The summed E-state index contributed by atoms with van der Waals surface area (Å²) < 4.78 is 17.2. The maximum Gasteiger partial charge on any atom is 0.176 e. The number of rotatable bonds is 4. The lowest BCUT2D eigenvalue weighted by molar-refractivity contribution is -0.191. The normalized spacial score (nSPS) is 37.9. The molecule has 0 aliphatic carbocycles. The Hall–Kier alpha value is -1.09. The number of morpholine rings is 1. The molecule has 7 heteroatoms. The third-order valence-corrected chi connectivity index (χ3v) is 4.84. The number of nitrogens with one attached hydrogen (secondary N) is 1. The van der Waals surface area contributed by atoms with Gasteiger partial charge in [0.1, 0.15) is 6.10 Å². The molecule has 3 fully saturated rings. The summed E-state index contributed by atoms with van der Waals surface area (Å²) in [6, 6.07) is 5.51. The number of aliphatic hydroxyl groups excluding tert-OH is 1. The average molecular weight is 321 g/mol. The Balaban J connectivity index is 1.45. The summed E-state index contributed by atoms with van der Waals surface area (Å²) in [5.41, 5.74) is 0.948. The largest absolute Gasteiger partial charge is 0.390 e. The van der Waals surface area contributed by atoms with Crippen molar-refractivity contribution < 1.29 is 19.3 Å². The van der Waals surface area contributed by atoms with E-state index in [0.29, 0.717) is 26.4 Å². The summed E-state index contributed by atoms with van der Waals surface area (Å²) in [5.74, 6) is 0. The summed E-state index contributed by atoms with van der Waals surface area (Å²) in [7, 11) is 0. The van der Waals surface area contributed by atoms with Crippen molar-refractivity contribution >= 4 is 0 Å². The topological polar surface area (TPSA) is 76.1 Å². The van der Waals surface area contributed by atoms with Gasteiger partial charge in [-0.25, -0.2) is 0 Å². The number of nitrogens with zero attached hydrogens (tertiary/aromatic N) is 2. The van der Waals surface area contributed by atoms with Gasteiger partial charge >= 0.3 is 0 Å². The zero-order chi connectivity index (χ0) is 15.6. The van der Waals surface area contributed by atoms with Crippen molar-refractivity contribution in [3.63, 3.8) is 0 Å². The van der Waals surface area contributed by atoms with Crippen molar-refractivity contribution in [3.05, 3.63) is 30.1 Å². The molecule has 3 aliphatic heterocycles. The fourth-order valence-electron chi connectivity index (χ4n) is 3.64. The second-order valence-electron chi connectivity index (χ2n) is 6.23. The van der Waals surface area contributed by atoms with Gasteiger partial charge in [-0.15, -0.1) is 0 Å². The molecule has 4 heterocycles. The van der Waals surface area contributed by atoms with E-state index in [1.54, 1.807) is 6.20 Å². The van der Waals surface area contributed by atoms with Crippen LogP contribution in [0.1, 0.15) is 5.69 Å². The third-order valence-electron chi connectivity index (χ3n) is 4.84. The van der Waals surface area contributed by atoms with Gasteiger partial charge in [0, 0.05) is 25.8 Å². The number of aromatic nitrogens is 1. The van der Waals surface area contributed by atoms with E-state index in [0.717, 1.165) is 18.8 Å². The van der Waals surface area contributed by atoms with Crippen LogP contribution in [0.2, 0.25) is 0 Å². The Kier molecular flexibility index (Phi) is 4.57. The van der Waals surface area contributed by atoms with Crippen LogP contribution in [0.5, 0.6) is 0 Å². The highest BCUT2D eigenvalue weighted by molar-refractivity contribution is 5.06. The van der Waals surface area contributed by atoms with Gasteiger partial charge < -0.3 is 24.6 Å². The molecule has 1 aromatic rings. The molecule has 0 amide bonds. The van der Waals surface area contributed by atoms with Crippen molar-refractivity contribution in [2.24, 2.45) is 0 Å². The highest BCUT2D eigenvalue weighted by Gasteiger charge is 2.52. The van der Waals surface area contributed by atoms with Crippen LogP contribution in [0.15, 0.2) is 24.4 Å². The van der Waals surface area contributed by atoms with Crippen molar-refractivity contribution in [3.8, 4) is 0 Å². The van der Waals surface area contributed by atoms with Gasteiger partial charge in [-0.1, -0.05) is 6.07 Å². The summed E-state index contributed by atoms with van der Waals surface area (Å²) in [6.45, 7) is 4.08. The lowest BCUT2D eigenvalue weighted by Crippen LogP contribution is -2.65. The van der Waals surface area contributed by atoms with Gasteiger partial charge in [0.15, 0.2) is 6.29 Å². The Morgan fingerprint density at radius 2 is 2.17 bits per heavy atom. The lowest BCUT2D eigenvalue weighted by Gasteiger charge is -2.45. The lowest BCUT2D eigenvalue weighted by atomic mass is 9.94. The van der Waals surface area contributed by atoms with Gasteiger partial charge in [-0.3, -0.25) is 9.88 Å². The molecule has 0 saturated carbocycles. The highest BCUT2D eigenvalue weighted by Crippen LogP contribution is 2.31. The first-order valence-electron chi connectivity index (χ1n) is 8.23. The molecule has 23 heavy (non-hydrogen) atoms. The predicted octanol–water partition coefficient (Wildman–Crippen LogP) is -0.643. The minimum absolute atomic E-state index is 0.115. The maximum absolute atomic E-state index is 10.9. The monoisotopic (exact) mass is 321 g/mol.